The van der Waals surface area contributed by atoms with Crippen LogP contribution in [-0.4, -0.2) is 40.6 Å². The molecule has 0 saturated carbocycles. The van der Waals surface area contributed by atoms with Crippen LogP contribution < -0.4 is 10.1 Å². The summed E-state index contributed by atoms with van der Waals surface area (Å²) in [6.07, 6.45) is -0.203. The highest BCUT2D eigenvalue weighted by atomic mass is 19.3. The Morgan fingerprint density at radius 2 is 1.79 bits per heavy atom. The van der Waals surface area contributed by atoms with Crippen LogP contribution in [0.2, 0.25) is 0 Å². The molecule has 132 valence electrons. The van der Waals surface area contributed by atoms with Gasteiger partial charge in [-0.15, -0.1) is 0 Å². The number of β-amino-alcohol motifs (C(OH)–C–C–N with tert-alkyl or cyclic N) is 1. The number of hydrogen-bond donors (Lipinski definition) is 2. The Kier molecular flexibility index (Phi) is 5.38. The molecule has 3 amide bonds. The lowest BCUT2D eigenvalue weighted by Gasteiger charge is -2.24. The molecular weight excluding hydrogens is 322 g/mol. The third kappa shape index (κ3) is 3.48. The van der Waals surface area contributed by atoms with Crippen molar-refractivity contribution < 1.29 is 28.2 Å². The molecule has 1 heterocycles. The number of aliphatic hydroxyl groups excluding tert-OH is 1. The average Bonchev–Trinajstić information content (AvgIpc) is 2.79. The molecule has 0 radical (unpaired) electrons. The fourth-order valence-corrected chi connectivity index (χ4v) is 2.72. The summed E-state index contributed by atoms with van der Waals surface area (Å²) in [6, 6.07) is 4.86. The van der Waals surface area contributed by atoms with Gasteiger partial charge in [-0.2, -0.15) is 8.78 Å². The molecule has 1 aliphatic rings. The van der Waals surface area contributed by atoms with Crippen molar-refractivity contribution in [1.82, 2.24) is 10.2 Å². The van der Waals surface area contributed by atoms with E-state index in [1.54, 1.807) is 0 Å². The van der Waals surface area contributed by atoms with Gasteiger partial charge in [-0.05, 0) is 30.5 Å². The summed E-state index contributed by atoms with van der Waals surface area (Å²) in [5.74, 6) is -0.402. The van der Waals surface area contributed by atoms with Crippen LogP contribution in [0, 0.1) is 0 Å². The van der Waals surface area contributed by atoms with E-state index in [0.717, 1.165) is 4.90 Å². The molecule has 1 aromatic rings. The number of ether oxygens (including phenoxy) is 1. The first kappa shape index (κ1) is 18.1. The van der Waals surface area contributed by atoms with E-state index in [0.29, 0.717) is 18.4 Å². The van der Waals surface area contributed by atoms with Crippen LogP contribution in [0.15, 0.2) is 24.3 Å². The number of benzene rings is 1. The van der Waals surface area contributed by atoms with E-state index >= 15 is 0 Å². The van der Waals surface area contributed by atoms with Gasteiger partial charge < -0.3 is 15.2 Å². The molecule has 2 N–H and O–H groups in total. The van der Waals surface area contributed by atoms with E-state index in [1.165, 1.54) is 24.3 Å². The van der Waals surface area contributed by atoms with Crippen LogP contribution in [0.25, 0.3) is 0 Å². The second-order valence-corrected chi connectivity index (χ2v) is 5.60. The number of urea groups is 1. The van der Waals surface area contributed by atoms with Gasteiger partial charge in [0.1, 0.15) is 11.3 Å². The highest BCUT2D eigenvalue weighted by Crippen LogP contribution is 2.27. The third-order valence-corrected chi connectivity index (χ3v) is 4.30. The summed E-state index contributed by atoms with van der Waals surface area (Å²) in [6.45, 7) is 0.483. The van der Waals surface area contributed by atoms with Crippen LogP contribution in [0.1, 0.15) is 38.4 Å². The Bertz CT molecular complexity index is 603. The second-order valence-electron chi connectivity index (χ2n) is 5.60. The van der Waals surface area contributed by atoms with Crippen molar-refractivity contribution in [3.8, 4) is 5.75 Å². The number of nitrogens with zero attached hydrogens (tertiary/aromatic N) is 1. The maximum atomic E-state index is 12.5. The Morgan fingerprint density at radius 3 is 2.25 bits per heavy atom. The van der Waals surface area contributed by atoms with E-state index < -0.39 is 24.3 Å². The lowest BCUT2D eigenvalue weighted by molar-refractivity contribution is -0.132. The van der Waals surface area contributed by atoms with E-state index in [1.807, 2.05) is 13.8 Å². The second kappa shape index (κ2) is 7.12. The maximum absolute atomic E-state index is 12.5. The van der Waals surface area contributed by atoms with Gasteiger partial charge in [-0.1, -0.05) is 26.0 Å². The fraction of sp³-hybridized carbons (Fsp3) is 0.500. The van der Waals surface area contributed by atoms with Gasteiger partial charge in [-0.25, -0.2) is 4.79 Å². The standard InChI is InChI=1S/C16H20F2N2O4/c1-3-16(4-2)13(22)20(15(23)19-16)9-12(21)10-5-7-11(8-6-10)24-14(17)18/h5-8,12,14,21H,3-4,9H2,1-2H3,(H,19,23). The fourth-order valence-electron chi connectivity index (χ4n) is 2.72. The van der Waals surface area contributed by atoms with Crippen LogP contribution in [0.4, 0.5) is 13.6 Å². The molecule has 0 bridgehead atoms. The van der Waals surface area contributed by atoms with Crippen molar-refractivity contribution >= 4 is 11.9 Å². The minimum absolute atomic E-state index is 0.0353. The molecule has 24 heavy (non-hydrogen) atoms. The molecule has 1 atom stereocenters. The minimum Gasteiger partial charge on any atom is -0.435 e. The van der Waals surface area contributed by atoms with Crippen LogP contribution >= 0.6 is 0 Å². The molecule has 6 nitrogen and oxygen atoms in total. The van der Waals surface area contributed by atoms with Gasteiger partial charge in [0.05, 0.1) is 12.6 Å². The van der Waals surface area contributed by atoms with Crippen molar-refractivity contribution in [1.29, 1.82) is 0 Å². The van der Waals surface area contributed by atoms with Gasteiger partial charge in [0.2, 0.25) is 0 Å². The lowest BCUT2D eigenvalue weighted by Crippen LogP contribution is -2.46. The van der Waals surface area contributed by atoms with Gasteiger partial charge in [0.25, 0.3) is 5.91 Å². The highest BCUT2D eigenvalue weighted by Gasteiger charge is 2.49. The first-order valence-corrected chi connectivity index (χ1v) is 7.70. The largest absolute Gasteiger partial charge is 0.435 e. The normalized spacial score (nSPS) is 18.0. The quantitative estimate of drug-likeness (QED) is 0.746. The Morgan fingerprint density at radius 1 is 1.21 bits per heavy atom. The third-order valence-electron chi connectivity index (χ3n) is 4.30. The van der Waals surface area contributed by atoms with E-state index in [2.05, 4.69) is 10.1 Å². The van der Waals surface area contributed by atoms with Gasteiger partial charge in [0.15, 0.2) is 0 Å². The molecule has 2 rings (SSSR count). The van der Waals surface area contributed by atoms with E-state index in [9.17, 15) is 23.5 Å². The first-order valence-electron chi connectivity index (χ1n) is 7.70. The van der Waals surface area contributed by atoms with Crippen molar-refractivity contribution in [2.24, 2.45) is 0 Å². The zero-order valence-corrected chi connectivity index (χ0v) is 13.5. The SMILES string of the molecule is CCC1(CC)NC(=O)N(CC(O)c2ccc(OC(F)F)cc2)C1=O. The van der Waals surface area contributed by atoms with Crippen LogP contribution in [0.5, 0.6) is 5.75 Å². The number of hydrogen-bond acceptors (Lipinski definition) is 4. The smallest absolute Gasteiger partial charge is 0.387 e. The number of imide groups is 1. The number of nitrogens with one attached hydrogen (secondary N) is 1. The highest BCUT2D eigenvalue weighted by molar-refractivity contribution is 6.07. The number of alkyl halides is 2. The zero-order chi connectivity index (χ0) is 17.9. The minimum atomic E-state index is -2.93. The molecule has 1 unspecified atom stereocenters. The number of aliphatic hydroxyl groups is 1. The number of amides is 3. The average molecular weight is 342 g/mol. The molecule has 0 aromatic heterocycles. The van der Waals surface area contributed by atoms with Crippen LogP contribution in [0.3, 0.4) is 0 Å². The molecule has 0 spiro atoms. The zero-order valence-electron chi connectivity index (χ0n) is 13.5. The molecule has 8 heteroatoms. The molecular formula is C16H20F2N2O4. The first-order chi connectivity index (χ1) is 11.3. The lowest BCUT2D eigenvalue weighted by atomic mass is 9.93. The summed E-state index contributed by atoms with van der Waals surface area (Å²) < 4.78 is 28.5. The molecule has 1 fully saturated rings. The summed E-state index contributed by atoms with van der Waals surface area (Å²) >= 11 is 0. The molecule has 1 saturated heterocycles. The number of carbonyl (C=O) groups is 2. The van der Waals surface area contributed by atoms with Crippen molar-refractivity contribution in [3.63, 3.8) is 0 Å². The van der Waals surface area contributed by atoms with E-state index in [-0.39, 0.29) is 18.2 Å². The topological polar surface area (TPSA) is 78.9 Å². The summed E-state index contributed by atoms with van der Waals surface area (Å²) in [4.78, 5) is 25.5. The van der Waals surface area contributed by atoms with Crippen LogP contribution in [-0.2, 0) is 4.79 Å². The molecule has 1 aromatic carbocycles. The molecule has 0 aliphatic carbocycles. The summed E-state index contributed by atoms with van der Waals surface area (Å²) in [5.41, 5.74) is -0.533. The van der Waals surface area contributed by atoms with Crippen molar-refractivity contribution in [2.45, 2.75) is 44.9 Å². The van der Waals surface area contributed by atoms with Gasteiger partial charge >= 0.3 is 12.6 Å². The maximum Gasteiger partial charge on any atom is 0.387 e. The van der Waals surface area contributed by atoms with Gasteiger partial charge in [-0.3, -0.25) is 9.69 Å². The number of rotatable bonds is 7. The monoisotopic (exact) mass is 342 g/mol. The number of carbonyl (C=O) groups excluding carboxylic acids is 2. The molecule has 1 aliphatic heterocycles. The van der Waals surface area contributed by atoms with Gasteiger partial charge in [0, 0.05) is 0 Å². The van der Waals surface area contributed by atoms with Crippen molar-refractivity contribution in [2.75, 3.05) is 6.54 Å². The summed E-state index contributed by atoms with van der Waals surface area (Å²) in [5, 5.41) is 12.9. The predicted molar refractivity (Wildman–Crippen MR) is 81.6 cm³/mol. The Balaban J connectivity index is 2.08. The van der Waals surface area contributed by atoms with Crippen molar-refractivity contribution in [3.05, 3.63) is 29.8 Å². The number of halogens is 2. The Labute approximate surface area is 138 Å². The Hall–Kier alpha value is -2.22. The predicted octanol–water partition coefficient (Wildman–Crippen LogP) is 2.43. The summed E-state index contributed by atoms with van der Waals surface area (Å²) in [7, 11) is 0. The van der Waals surface area contributed by atoms with E-state index in [4.69, 9.17) is 0 Å².